The van der Waals surface area contributed by atoms with Crippen molar-refractivity contribution in [3.8, 4) is 17.2 Å². The van der Waals surface area contributed by atoms with Gasteiger partial charge >= 0.3 is 0 Å². The second-order valence-corrected chi connectivity index (χ2v) is 4.48. The molecule has 0 radical (unpaired) electrons. The molecule has 0 saturated carbocycles. The number of halogens is 2. The molecule has 0 saturated heterocycles. The van der Waals surface area contributed by atoms with Crippen LogP contribution < -0.4 is 4.74 Å². The molecule has 0 spiro atoms. The van der Waals surface area contributed by atoms with Gasteiger partial charge in [-0.05, 0) is 34.1 Å². The highest BCUT2D eigenvalue weighted by Crippen LogP contribution is 2.30. The van der Waals surface area contributed by atoms with Gasteiger partial charge in [0, 0.05) is 27.1 Å². The van der Waals surface area contributed by atoms with Crippen LogP contribution in [0.5, 0.6) is 5.75 Å². The predicted molar refractivity (Wildman–Crippen MR) is 66.7 cm³/mol. The fourth-order valence-corrected chi connectivity index (χ4v) is 1.84. The molecule has 2 aromatic rings. The molecule has 0 atom stereocenters. The van der Waals surface area contributed by atoms with Gasteiger partial charge in [0.25, 0.3) is 3.90 Å². The van der Waals surface area contributed by atoms with Gasteiger partial charge in [-0.2, -0.15) is 0 Å². The molecule has 0 unspecified atom stereocenters. The van der Waals surface area contributed by atoms with Crippen LogP contribution >= 0.6 is 38.5 Å². The van der Waals surface area contributed by atoms with Crippen molar-refractivity contribution in [2.75, 3.05) is 7.11 Å². The summed E-state index contributed by atoms with van der Waals surface area (Å²) < 4.78 is 11.9. The van der Waals surface area contributed by atoms with E-state index in [1.54, 1.807) is 7.11 Å². The first kappa shape index (κ1) is 10.9. The molecule has 0 aliphatic rings. The van der Waals surface area contributed by atoms with Gasteiger partial charge in [0.2, 0.25) is 5.89 Å². The van der Waals surface area contributed by atoms with Gasteiger partial charge < -0.3 is 9.15 Å². The smallest absolute Gasteiger partial charge is 0.278 e. The van der Waals surface area contributed by atoms with Crippen LogP contribution in [-0.2, 0) is 0 Å². The Hall–Kier alpha value is -0.630. The van der Waals surface area contributed by atoms with Crippen molar-refractivity contribution in [3.63, 3.8) is 0 Å². The highest BCUT2D eigenvalue weighted by atomic mass is 127. The van der Waals surface area contributed by atoms with Crippen LogP contribution in [0.15, 0.2) is 27.1 Å². The average molecular weight is 381 g/mol. The summed E-state index contributed by atoms with van der Waals surface area (Å²) in [6, 6.07) is 5.58. The molecule has 0 aliphatic heterocycles. The first-order valence-electron chi connectivity index (χ1n) is 4.03. The Labute approximate surface area is 108 Å². The van der Waals surface area contributed by atoms with E-state index >= 15 is 0 Å². The SMILES string of the molecule is COc1ccc(Br)c(-c2nnc(I)o2)c1. The summed E-state index contributed by atoms with van der Waals surface area (Å²) in [4.78, 5) is 0. The molecule has 4 nitrogen and oxygen atoms in total. The molecule has 1 aromatic carbocycles. The maximum absolute atomic E-state index is 5.33. The Morgan fingerprint density at radius 1 is 1.40 bits per heavy atom. The second kappa shape index (κ2) is 4.48. The Morgan fingerprint density at radius 3 is 2.80 bits per heavy atom. The van der Waals surface area contributed by atoms with E-state index < -0.39 is 0 Å². The van der Waals surface area contributed by atoms with Gasteiger partial charge in [-0.3, -0.25) is 0 Å². The van der Waals surface area contributed by atoms with Crippen molar-refractivity contribution in [2.24, 2.45) is 0 Å². The van der Waals surface area contributed by atoms with Crippen LogP contribution in [0.1, 0.15) is 0 Å². The summed E-state index contributed by atoms with van der Waals surface area (Å²) in [5.41, 5.74) is 0.824. The minimum Gasteiger partial charge on any atom is -0.497 e. The highest BCUT2D eigenvalue weighted by molar-refractivity contribution is 14.1. The molecule has 0 bridgehead atoms. The molecular formula is C9H6BrIN2O2. The monoisotopic (exact) mass is 380 g/mol. The summed E-state index contributed by atoms with van der Waals surface area (Å²) in [5.74, 6) is 1.23. The number of benzene rings is 1. The van der Waals surface area contributed by atoms with Crippen molar-refractivity contribution in [1.82, 2.24) is 10.2 Å². The summed E-state index contributed by atoms with van der Waals surface area (Å²) in [6.07, 6.45) is 0. The lowest BCUT2D eigenvalue weighted by atomic mass is 10.2. The zero-order valence-electron chi connectivity index (χ0n) is 7.70. The fraction of sp³-hybridized carbons (Fsp3) is 0.111. The number of hydrogen-bond acceptors (Lipinski definition) is 4. The van der Waals surface area contributed by atoms with Crippen molar-refractivity contribution in [3.05, 3.63) is 26.6 Å². The molecule has 0 fully saturated rings. The van der Waals surface area contributed by atoms with Crippen LogP contribution in [-0.4, -0.2) is 17.3 Å². The molecule has 1 heterocycles. The first-order valence-corrected chi connectivity index (χ1v) is 5.91. The molecule has 0 N–H and O–H groups in total. The van der Waals surface area contributed by atoms with Crippen molar-refractivity contribution < 1.29 is 9.15 Å². The molecule has 2 rings (SSSR count). The highest BCUT2D eigenvalue weighted by Gasteiger charge is 2.11. The summed E-state index contributed by atoms with van der Waals surface area (Å²) in [5, 5.41) is 7.71. The van der Waals surface area contributed by atoms with Crippen LogP contribution in [0.3, 0.4) is 0 Å². The molecule has 6 heteroatoms. The quantitative estimate of drug-likeness (QED) is 0.751. The van der Waals surface area contributed by atoms with Gasteiger partial charge in [0.05, 0.1) is 12.7 Å². The third-order valence-corrected chi connectivity index (χ3v) is 2.93. The van der Waals surface area contributed by atoms with Crippen molar-refractivity contribution >= 4 is 38.5 Å². The van der Waals surface area contributed by atoms with E-state index in [0.717, 1.165) is 15.8 Å². The zero-order valence-corrected chi connectivity index (χ0v) is 11.4. The van der Waals surface area contributed by atoms with Crippen LogP contribution in [0.4, 0.5) is 0 Å². The number of rotatable bonds is 2. The number of methoxy groups -OCH3 is 1. The van der Waals surface area contributed by atoms with Crippen molar-refractivity contribution in [2.45, 2.75) is 0 Å². The van der Waals surface area contributed by atoms with Crippen LogP contribution in [0.2, 0.25) is 0 Å². The van der Waals surface area contributed by atoms with E-state index in [4.69, 9.17) is 9.15 Å². The first-order chi connectivity index (χ1) is 7.20. The maximum atomic E-state index is 5.33. The normalized spacial score (nSPS) is 10.3. The summed E-state index contributed by atoms with van der Waals surface area (Å²) in [6.45, 7) is 0. The fourth-order valence-electron chi connectivity index (χ4n) is 1.11. The summed E-state index contributed by atoms with van der Waals surface area (Å²) in [7, 11) is 1.62. The Balaban J connectivity index is 2.51. The number of ether oxygens (including phenoxy) is 1. The van der Waals surface area contributed by atoms with E-state index in [2.05, 4.69) is 26.1 Å². The Morgan fingerprint density at radius 2 is 2.20 bits per heavy atom. The van der Waals surface area contributed by atoms with Gasteiger partial charge in [-0.15, -0.1) is 10.2 Å². The van der Waals surface area contributed by atoms with E-state index in [9.17, 15) is 0 Å². The van der Waals surface area contributed by atoms with E-state index in [0.29, 0.717) is 9.79 Å². The minimum absolute atomic E-state index is 0.477. The van der Waals surface area contributed by atoms with Gasteiger partial charge in [-0.1, -0.05) is 0 Å². The lowest BCUT2D eigenvalue weighted by Gasteiger charge is -2.03. The third-order valence-electron chi connectivity index (χ3n) is 1.80. The van der Waals surface area contributed by atoms with Gasteiger partial charge in [-0.25, -0.2) is 0 Å². The Kier molecular flexibility index (Phi) is 3.25. The molecule has 78 valence electrons. The van der Waals surface area contributed by atoms with Crippen molar-refractivity contribution in [1.29, 1.82) is 0 Å². The number of aromatic nitrogens is 2. The lowest BCUT2D eigenvalue weighted by molar-refractivity contribution is 0.414. The topological polar surface area (TPSA) is 48.2 Å². The predicted octanol–water partition coefficient (Wildman–Crippen LogP) is 3.11. The standard InChI is InChI=1S/C9H6BrIN2O2/c1-14-5-2-3-7(10)6(4-5)8-12-13-9(11)15-8/h2-4H,1H3. The molecule has 1 aromatic heterocycles. The van der Waals surface area contributed by atoms with Gasteiger partial charge in [0.1, 0.15) is 5.75 Å². The minimum atomic E-state index is 0.477. The molecular weight excluding hydrogens is 375 g/mol. The van der Waals surface area contributed by atoms with Gasteiger partial charge in [0.15, 0.2) is 0 Å². The number of hydrogen-bond donors (Lipinski definition) is 0. The third kappa shape index (κ3) is 2.31. The zero-order chi connectivity index (χ0) is 10.8. The lowest BCUT2D eigenvalue weighted by Crippen LogP contribution is -1.85. The second-order valence-electron chi connectivity index (χ2n) is 2.71. The van der Waals surface area contributed by atoms with Crippen LogP contribution in [0.25, 0.3) is 11.5 Å². The molecule has 0 aliphatic carbocycles. The largest absolute Gasteiger partial charge is 0.497 e. The number of nitrogens with zero attached hydrogens (tertiary/aromatic N) is 2. The van der Waals surface area contributed by atoms with E-state index in [-0.39, 0.29) is 0 Å². The summed E-state index contributed by atoms with van der Waals surface area (Å²) >= 11 is 5.39. The molecule has 15 heavy (non-hydrogen) atoms. The van der Waals surface area contributed by atoms with Crippen LogP contribution in [0, 0.1) is 3.90 Å². The maximum Gasteiger partial charge on any atom is 0.278 e. The van der Waals surface area contributed by atoms with E-state index in [1.165, 1.54) is 0 Å². The molecule has 0 amide bonds. The Bertz CT molecular complexity index is 487. The van der Waals surface area contributed by atoms with E-state index in [1.807, 2.05) is 40.8 Å². The average Bonchev–Trinajstić information content (AvgIpc) is 2.65.